The monoisotopic (exact) mass is 339 g/mol. The molecule has 1 aromatic carbocycles. The van der Waals surface area contributed by atoms with Gasteiger partial charge in [-0.1, -0.05) is 18.2 Å². The molecule has 0 aliphatic rings. The van der Waals surface area contributed by atoms with Crippen LogP contribution < -0.4 is 5.32 Å². The highest BCUT2D eigenvalue weighted by atomic mass is 32.2. The van der Waals surface area contributed by atoms with Crippen LogP contribution in [0.5, 0.6) is 0 Å². The van der Waals surface area contributed by atoms with Gasteiger partial charge in [-0.15, -0.1) is 11.8 Å². The number of carbonyl (C=O) groups is 3. The van der Waals surface area contributed by atoms with Gasteiger partial charge in [0.25, 0.3) is 0 Å². The molecule has 0 fully saturated rings. The van der Waals surface area contributed by atoms with Gasteiger partial charge in [0, 0.05) is 4.90 Å². The molecule has 0 radical (unpaired) electrons. The summed E-state index contributed by atoms with van der Waals surface area (Å²) in [5, 5.41) is 2.53. The molecule has 0 aromatic heterocycles. The third kappa shape index (κ3) is 7.69. The Labute approximate surface area is 139 Å². The predicted octanol–water partition coefficient (Wildman–Crippen LogP) is 1.78. The van der Waals surface area contributed by atoms with E-state index in [0.29, 0.717) is 0 Å². The van der Waals surface area contributed by atoms with E-state index in [1.165, 1.54) is 11.8 Å². The SMILES string of the molecule is CCOC(=O)C[C@@H](NC(=O)CSc1ccccc1)C(=O)OCC. The zero-order chi connectivity index (χ0) is 17.1. The molecular formula is C16H21NO5S. The Bertz CT molecular complexity index is 520. The van der Waals surface area contributed by atoms with E-state index in [1.54, 1.807) is 13.8 Å². The number of carbonyl (C=O) groups excluding carboxylic acids is 3. The topological polar surface area (TPSA) is 81.7 Å². The Morgan fingerprint density at radius 2 is 1.74 bits per heavy atom. The second-order valence-electron chi connectivity index (χ2n) is 4.48. The van der Waals surface area contributed by atoms with Crippen LogP contribution in [0.3, 0.4) is 0 Å². The summed E-state index contributed by atoms with van der Waals surface area (Å²) in [5.74, 6) is -1.40. The minimum Gasteiger partial charge on any atom is -0.466 e. The minimum atomic E-state index is -1.03. The van der Waals surface area contributed by atoms with Gasteiger partial charge in [-0.25, -0.2) is 4.79 Å². The number of ether oxygens (including phenoxy) is 2. The lowest BCUT2D eigenvalue weighted by atomic mass is 10.2. The zero-order valence-corrected chi connectivity index (χ0v) is 14.1. The molecule has 0 bridgehead atoms. The van der Waals surface area contributed by atoms with Crippen molar-refractivity contribution in [3.8, 4) is 0 Å². The average molecular weight is 339 g/mol. The van der Waals surface area contributed by atoms with E-state index in [2.05, 4.69) is 5.32 Å². The maximum Gasteiger partial charge on any atom is 0.329 e. The summed E-state index contributed by atoms with van der Waals surface area (Å²) in [4.78, 5) is 36.3. The van der Waals surface area contributed by atoms with Gasteiger partial charge in [0.2, 0.25) is 5.91 Å². The first-order valence-corrected chi connectivity index (χ1v) is 8.34. The normalized spacial score (nSPS) is 11.4. The van der Waals surface area contributed by atoms with E-state index in [1.807, 2.05) is 30.3 Å². The van der Waals surface area contributed by atoms with Crippen molar-refractivity contribution in [2.45, 2.75) is 31.2 Å². The Hall–Kier alpha value is -2.02. The number of thioether (sulfide) groups is 1. The van der Waals surface area contributed by atoms with Gasteiger partial charge < -0.3 is 14.8 Å². The number of nitrogens with one attached hydrogen (secondary N) is 1. The third-order valence-corrected chi connectivity index (χ3v) is 3.71. The zero-order valence-electron chi connectivity index (χ0n) is 13.2. The van der Waals surface area contributed by atoms with Gasteiger partial charge >= 0.3 is 11.9 Å². The first-order chi connectivity index (χ1) is 11.1. The van der Waals surface area contributed by atoms with Crippen molar-refractivity contribution in [2.24, 2.45) is 0 Å². The first-order valence-electron chi connectivity index (χ1n) is 7.36. The van der Waals surface area contributed by atoms with Crippen LogP contribution in [-0.2, 0) is 23.9 Å². The second kappa shape index (κ2) is 10.7. The van der Waals surface area contributed by atoms with Crippen LogP contribution in [0.15, 0.2) is 35.2 Å². The van der Waals surface area contributed by atoms with E-state index in [9.17, 15) is 14.4 Å². The highest BCUT2D eigenvalue weighted by Crippen LogP contribution is 2.16. The van der Waals surface area contributed by atoms with Crippen LogP contribution in [0.4, 0.5) is 0 Å². The molecule has 0 aliphatic heterocycles. The van der Waals surface area contributed by atoms with E-state index in [4.69, 9.17) is 9.47 Å². The lowest BCUT2D eigenvalue weighted by Gasteiger charge is -2.16. The maximum absolute atomic E-state index is 12.0. The van der Waals surface area contributed by atoms with Gasteiger partial charge in [-0.2, -0.15) is 0 Å². The summed E-state index contributed by atoms with van der Waals surface area (Å²) in [6, 6.07) is 8.39. The number of benzene rings is 1. The Kier molecular flexibility index (Phi) is 8.82. The molecule has 7 heteroatoms. The molecule has 126 valence electrons. The number of rotatable bonds is 9. The fourth-order valence-corrected chi connectivity index (χ4v) is 2.45. The van der Waals surface area contributed by atoms with E-state index in [0.717, 1.165) is 4.90 Å². The summed E-state index contributed by atoms with van der Waals surface area (Å²) in [6.07, 6.45) is -0.242. The molecule has 0 aliphatic carbocycles. The second-order valence-corrected chi connectivity index (χ2v) is 5.53. The molecule has 1 atom stereocenters. The quantitative estimate of drug-likeness (QED) is 0.545. The van der Waals surface area contributed by atoms with Crippen molar-refractivity contribution in [3.05, 3.63) is 30.3 Å². The summed E-state index contributed by atoms with van der Waals surface area (Å²) < 4.78 is 9.69. The fourth-order valence-electron chi connectivity index (χ4n) is 1.72. The Balaban J connectivity index is 2.55. The summed E-state index contributed by atoms with van der Waals surface area (Å²) in [6.45, 7) is 3.72. The minimum absolute atomic E-state index is 0.142. The van der Waals surface area contributed by atoms with Gasteiger partial charge in [0.15, 0.2) is 0 Å². The number of amides is 1. The lowest BCUT2D eigenvalue weighted by Crippen LogP contribution is -2.44. The molecule has 1 rings (SSSR count). The molecule has 6 nitrogen and oxygen atoms in total. The van der Waals surface area contributed by atoms with Gasteiger partial charge in [0.1, 0.15) is 6.04 Å². The van der Waals surface area contributed by atoms with E-state index < -0.39 is 18.0 Å². The molecule has 23 heavy (non-hydrogen) atoms. The van der Waals surface area contributed by atoms with Gasteiger partial charge in [0.05, 0.1) is 25.4 Å². The molecule has 1 amide bonds. The highest BCUT2D eigenvalue weighted by Gasteiger charge is 2.25. The van der Waals surface area contributed by atoms with Gasteiger partial charge in [-0.3, -0.25) is 9.59 Å². The van der Waals surface area contributed by atoms with Crippen molar-refractivity contribution in [1.82, 2.24) is 5.32 Å². The predicted molar refractivity (Wildman–Crippen MR) is 87.0 cm³/mol. The summed E-state index contributed by atoms with van der Waals surface area (Å²) >= 11 is 1.34. The molecule has 0 saturated carbocycles. The van der Waals surface area contributed by atoms with Crippen molar-refractivity contribution in [2.75, 3.05) is 19.0 Å². The molecule has 0 heterocycles. The fraction of sp³-hybridized carbons (Fsp3) is 0.438. The van der Waals surface area contributed by atoms with Crippen molar-refractivity contribution in [3.63, 3.8) is 0 Å². The van der Waals surface area contributed by atoms with Crippen molar-refractivity contribution >= 4 is 29.6 Å². The van der Waals surface area contributed by atoms with Crippen LogP contribution in [0.2, 0.25) is 0 Å². The van der Waals surface area contributed by atoms with Crippen LogP contribution in [0.25, 0.3) is 0 Å². The van der Waals surface area contributed by atoms with Crippen molar-refractivity contribution < 1.29 is 23.9 Å². The van der Waals surface area contributed by atoms with Crippen LogP contribution in [-0.4, -0.2) is 42.9 Å². The van der Waals surface area contributed by atoms with Crippen LogP contribution >= 0.6 is 11.8 Å². The molecule has 0 unspecified atom stereocenters. The number of esters is 2. The molecule has 1 N–H and O–H groups in total. The molecule has 0 saturated heterocycles. The molecule has 1 aromatic rings. The van der Waals surface area contributed by atoms with Crippen LogP contribution in [0.1, 0.15) is 20.3 Å². The number of hydrogen-bond donors (Lipinski definition) is 1. The molecular weight excluding hydrogens is 318 g/mol. The maximum atomic E-state index is 12.0. The van der Waals surface area contributed by atoms with Gasteiger partial charge in [-0.05, 0) is 26.0 Å². The highest BCUT2D eigenvalue weighted by molar-refractivity contribution is 8.00. The summed E-state index contributed by atoms with van der Waals surface area (Å²) in [7, 11) is 0. The number of hydrogen-bond acceptors (Lipinski definition) is 6. The Morgan fingerprint density at radius 1 is 1.09 bits per heavy atom. The van der Waals surface area contributed by atoms with E-state index >= 15 is 0 Å². The van der Waals surface area contributed by atoms with Crippen molar-refractivity contribution in [1.29, 1.82) is 0 Å². The third-order valence-electron chi connectivity index (χ3n) is 2.70. The largest absolute Gasteiger partial charge is 0.466 e. The van der Waals surface area contributed by atoms with Crippen LogP contribution in [0, 0.1) is 0 Å². The van der Waals surface area contributed by atoms with E-state index in [-0.39, 0.29) is 31.3 Å². The molecule has 0 spiro atoms. The average Bonchev–Trinajstić information content (AvgIpc) is 2.54. The lowest BCUT2D eigenvalue weighted by molar-refractivity contribution is -0.153. The Morgan fingerprint density at radius 3 is 2.35 bits per heavy atom. The first kappa shape index (κ1) is 19.0. The standard InChI is InChI=1S/C16H21NO5S/c1-3-21-15(19)10-13(16(20)22-4-2)17-14(18)11-23-12-8-6-5-7-9-12/h5-9,13H,3-4,10-11H2,1-2H3,(H,17,18)/t13-/m1/s1. The smallest absolute Gasteiger partial charge is 0.329 e. The summed E-state index contributed by atoms with van der Waals surface area (Å²) in [5.41, 5.74) is 0.